The fraction of sp³-hybridized carbons (Fsp3) is 0.481. The van der Waals surface area contributed by atoms with Crippen LogP contribution in [0.2, 0.25) is 0 Å². The summed E-state index contributed by atoms with van der Waals surface area (Å²) < 4.78 is 39.7. The fourth-order valence-corrected chi connectivity index (χ4v) is 5.34. The van der Waals surface area contributed by atoms with Crippen LogP contribution in [-0.4, -0.2) is 96.2 Å². The lowest BCUT2D eigenvalue weighted by molar-refractivity contribution is -0.291. The summed E-state index contributed by atoms with van der Waals surface area (Å²) in [5.41, 5.74) is 13.1. The third kappa shape index (κ3) is 5.37. The molecule has 42 heavy (non-hydrogen) atoms. The average molecular weight is 593 g/mol. The van der Waals surface area contributed by atoms with Crippen LogP contribution in [0.3, 0.4) is 0 Å². The van der Waals surface area contributed by atoms with Crippen LogP contribution in [0.25, 0.3) is 0 Å². The van der Waals surface area contributed by atoms with Crippen LogP contribution in [-0.2, 0) is 19.1 Å². The molecule has 0 aliphatic carbocycles. The highest BCUT2D eigenvalue weighted by molar-refractivity contribution is 5.90. The lowest BCUT2D eigenvalue weighted by atomic mass is 9.89. The number of carbonyl (C=O) groups is 2. The number of fused-ring (bicyclic) bond motifs is 5. The van der Waals surface area contributed by atoms with Gasteiger partial charge in [0, 0.05) is 17.2 Å². The molecule has 3 aliphatic heterocycles. The van der Waals surface area contributed by atoms with Crippen molar-refractivity contribution < 1.29 is 63.2 Å². The van der Waals surface area contributed by atoms with Gasteiger partial charge < -0.3 is 65.1 Å². The molecule has 2 aromatic rings. The van der Waals surface area contributed by atoms with E-state index in [-0.39, 0.29) is 24.4 Å². The summed E-state index contributed by atoms with van der Waals surface area (Å²) in [7, 11) is 3.07. The first-order valence-corrected chi connectivity index (χ1v) is 13.0. The van der Waals surface area contributed by atoms with E-state index in [0.29, 0.717) is 23.0 Å². The highest BCUT2D eigenvalue weighted by Gasteiger charge is 2.50. The van der Waals surface area contributed by atoms with Crippen molar-refractivity contribution in [2.24, 2.45) is 11.5 Å². The van der Waals surface area contributed by atoms with Gasteiger partial charge in [-0.2, -0.15) is 0 Å². The number of benzene rings is 2. The van der Waals surface area contributed by atoms with Crippen molar-refractivity contribution in [1.29, 1.82) is 0 Å². The van der Waals surface area contributed by atoms with Crippen LogP contribution in [0.15, 0.2) is 30.3 Å². The van der Waals surface area contributed by atoms with Gasteiger partial charge in [-0.25, -0.2) is 0 Å². The maximum absolute atomic E-state index is 12.0. The monoisotopic (exact) mass is 592 g/mol. The minimum absolute atomic E-state index is 0.110. The van der Waals surface area contributed by atoms with Gasteiger partial charge in [0.15, 0.2) is 17.6 Å². The summed E-state index contributed by atoms with van der Waals surface area (Å²) in [6.07, 6.45) is -12.9. The predicted molar refractivity (Wildman–Crippen MR) is 139 cm³/mol. The van der Waals surface area contributed by atoms with Gasteiger partial charge in [0.1, 0.15) is 48.4 Å². The van der Waals surface area contributed by atoms with Gasteiger partial charge in [-0.1, -0.05) is 6.07 Å². The van der Waals surface area contributed by atoms with Crippen LogP contribution < -0.4 is 35.2 Å². The van der Waals surface area contributed by atoms with Gasteiger partial charge in [0.25, 0.3) is 0 Å². The van der Waals surface area contributed by atoms with E-state index in [1.165, 1.54) is 14.2 Å². The van der Waals surface area contributed by atoms with Crippen molar-refractivity contribution in [2.45, 2.75) is 61.4 Å². The van der Waals surface area contributed by atoms with Crippen molar-refractivity contribution in [3.8, 4) is 28.7 Å². The second-order valence-electron chi connectivity index (χ2n) is 10.0. The zero-order valence-corrected chi connectivity index (χ0v) is 22.6. The molecule has 0 aromatic heterocycles. The van der Waals surface area contributed by atoms with Gasteiger partial charge >= 0.3 is 11.9 Å². The number of aliphatic hydroxyl groups is 3. The Morgan fingerprint density at radius 2 is 1.76 bits per heavy atom. The molecule has 1 saturated heterocycles. The zero-order chi connectivity index (χ0) is 30.3. The molecule has 0 saturated carbocycles. The van der Waals surface area contributed by atoms with E-state index in [2.05, 4.69) is 0 Å². The summed E-state index contributed by atoms with van der Waals surface area (Å²) in [6.45, 7) is 0.289. The van der Waals surface area contributed by atoms with E-state index >= 15 is 0 Å². The number of hydrogen-bond acceptors (Lipinski definition) is 14. The molecule has 8 N–H and O–H groups in total. The van der Waals surface area contributed by atoms with Crippen molar-refractivity contribution in [3.05, 3.63) is 41.5 Å². The SMILES string of the molecule is COc1ccc2c(c1OC)O[C@@H]1c3ccc(O[C@H]4O[C@H]([C@H](OC(=O)CC(=O)O)C(N)N)[C@@H](O)[C@H](O)[C@H]4O)cc3OC[C@@H]21. The maximum Gasteiger partial charge on any atom is 0.317 e. The fourth-order valence-electron chi connectivity index (χ4n) is 5.34. The Labute approximate surface area is 239 Å². The Balaban J connectivity index is 1.34. The van der Waals surface area contributed by atoms with Gasteiger partial charge in [0.05, 0.1) is 32.9 Å². The molecule has 0 amide bonds. The normalized spacial score (nSPS) is 28.3. The third-order valence-electron chi connectivity index (χ3n) is 7.38. The van der Waals surface area contributed by atoms with Crippen LogP contribution in [0, 0.1) is 0 Å². The van der Waals surface area contributed by atoms with Crippen molar-refractivity contribution >= 4 is 11.9 Å². The maximum atomic E-state index is 12.0. The molecular weight excluding hydrogens is 560 g/mol. The molecular formula is C27H32N2O13. The number of hydrogen-bond donors (Lipinski definition) is 6. The van der Waals surface area contributed by atoms with E-state index in [0.717, 1.165) is 11.1 Å². The molecule has 2 aromatic carbocycles. The number of aliphatic hydroxyl groups excluding tert-OH is 3. The lowest BCUT2D eigenvalue weighted by Crippen LogP contribution is -2.66. The molecule has 0 unspecified atom stereocenters. The number of methoxy groups -OCH3 is 2. The Kier molecular flexibility index (Phi) is 8.32. The number of carbonyl (C=O) groups excluding carboxylic acids is 1. The second-order valence-corrected chi connectivity index (χ2v) is 10.0. The van der Waals surface area contributed by atoms with Crippen molar-refractivity contribution in [3.63, 3.8) is 0 Å². The van der Waals surface area contributed by atoms with E-state index < -0.39 is 61.3 Å². The summed E-state index contributed by atoms with van der Waals surface area (Å²) in [5.74, 6) is -0.569. The Morgan fingerprint density at radius 3 is 2.43 bits per heavy atom. The molecule has 3 aliphatic rings. The van der Waals surface area contributed by atoms with Crippen molar-refractivity contribution in [1.82, 2.24) is 0 Å². The predicted octanol–water partition coefficient (Wildman–Crippen LogP) is -0.870. The zero-order valence-electron chi connectivity index (χ0n) is 22.6. The summed E-state index contributed by atoms with van der Waals surface area (Å²) >= 11 is 0. The van der Waals surface area contributed by atoms with Gasteiger partial charge in [0.2, 0.25) is 12.0 Å². The van der Waals surface area contributed by atoms with Crippen LogP contribution in [0.4, 0.5) is 0 Å². The van der Waals surface area contributed by atoms with Gasteiger partial charge in [-0.15, -0.1) is 0 Å². The Hall–Kier alpha value is -3.86. The van der Waals surface area contributed by atoms with E-state index in [1.54, 1.807) is 24.3 Å². The highest BCUT2D eigenvalue weighted by atomic mass is 16.7. The van der Waals surface area contributed by atoms with Crippen LogP contribution >= 0.6 is 0 Å². The molecule has 228 valence electrons. The molecule has 0 radical (unpaired) electrons. The number of carboxylic acid groups (broad SMARTS) is 1. The molecule has 0 spiro atoms. The lowest BCUT2D eigenvalue weighted by Gasteiger charge is -2.43. The minimum Gasteiger partial charge on any atom is -0.493 e. The number of esters is 1. The molecule has 8 atom stereocenters. The third-order valence-corrected chi connectivity index (χ3v) is 7.38. The van der Waals surface area contributed by atoms with Gasteiger partial charge in [-0.3, -0.25) is 9.59 Å². The summed E-state index contributed by atoms with van der Waals surface area (Å²) in [4.78, 5) is 22.8. The molecule has 3 heterocycles. The Bertz CT molecular complexity index is 1340. The van der Waals surface area contributed by atoms with Crippen LogP contribution in [0.1, 0.15) is 29.6 Å². The van der Waals surface area contributed by atoms with E-state index in [1.807, 2.05) is 6.07 Å². The first-order valence-electron chi connectivity index (χ1n) is 13.0. The molecule has 15 heteroatoms. The van der Waals surface area contributed by atoms with Crippen LogP contribution in [0.5, 0.6) is 28.7 Å². The molecule has 5 rings (SSSR count). The standard InChI is InChI=1S/C27H32N2O13/c1-36-14-6-5-11-13-9-38-15-7-10(3-4-12(15)21(13)41-22(11)23(14)37-2)39-27-20(35)18(33)19(34)24(42-27)25(26(28)29)40-17(32)8-16(30)31/h3-7,13,18-21,24-27,33-35H,8-9,28-29H2,1-2H3,(H,30,31)/t13-,18-,19-,20+,21+,24-,25-,27-/m0/s1. The molecule has 15 nitrogen and oxygen atoms in total. The van der Waals surface area contributed by atoms with E-state index in [9.17, 15) is 24.9 Å². The Morgan fingerprint density at radius 1 is 1.02 bits per heavy atom. The largest absolute Gasteiger partial charge is 0.493 e. The highest BCUT2D eigenvalue weighted by Crippen LogP contribution is 2.56. The smallest absolute Gasteiger partial charge is 0.317 e. The summed E-state index contributed by atoms with van der Waals surface area (Å²) in [5, 5.41) is 40.5. The quantitative estimate of drug-likeness (QED) is 0.118. The summed E-state index contributed by atoms with van der Waals surface area (Å²) in [6, 6.07) is 8.57. The molecule has 1 fully saturated rings. The topological polar surface area (TPSA) is 232 Å². The second kappa shape index (κ2) is 11.8. The molecule has 0 bridgehead atoms. The minimum atomic E-state index is -1.82. The average Bonchev–Trinajstić information content (AvgIpc) is 3.34. The number of ether oxygens (including phenoxy) is 7. The number of nitrogens with two attached hydrogens (primary N) is 2. The van der Waals surface area contributed by atoms with Gasteiger partial charge in [-0.05, 0) is 18.2 Å². The van der Waals surface area contributed by atoms with Crippen molar-refractivity contribution in [2.75, 3.05) is 20.8 Å². The number of carboxylic acids is 1. The number of aliphatic carboxylic acids is 1. The number of rotatable bonds is 9. The first kappa shape index (κ1) is 29.6. The van der Waals surface area contributed by atoms with E-state index in [4.69, 9.17) is 49.7 Å². The first-order chi connectivity index (χ1) is 20.0.